The van der Waals surface area contributed by atoms with E-state index in [1.54, 1.807) is 11.3 Å². The van der Waals surface area contributed by atoms with Gasteiger partial charge in [0.1, 0.15) is 6.04 Å². The van der Waals surface area contributed by atoms with Gasteiger partial charge in [0.15, 0.2) is 4.96 Å². The minimum atomic E-state index is -0.810. The number of fused-ring (bicyclic) bond motifs is 1. The number of carboxylic acids is 1. The molecule has 2 aromatic heterocycles. The molecule has 2 aromatic rings. The summed E-state index contributed by atoms with van der Waals surface area (Å²) >= 11 is 1.64. The number of rotatable bonds is 5. The van der Waals surface area contributed by atoms with E-state index in [4.69, 9.17) is 0 Å². The number of aromatic nitrogens is 2. The van der Waals surface area contributed by atoms with E-state index < -0.39 is 12.0 Å². The molecule has 6 heteroatoms. The summed E-state index contributed by atoms with van der Waals surface area (Å²) < 4.78 is 2.04. The van der Waals surface area contributed by atoms with Crippen LogP contribution in [0.15, 0.2) is 6.20 Å². The van der Waals surface area contributed by atoms with Crippen molar-refractivity contribution in [3.05, 3.63) is 22.5 Å². The van der Waals surface area contributed by atoms with Crippen LogP contribution in [0.5, 0.6) is 0 Å². The third-order valence-electron chi connectivity index (χ3n) is 3.16. The highest BCUT2D eigenvalue weighted by molar-refractivity contribution is 7.17. The summed E-state index contributed by atoms with van der Waals surface area (Å²) in [5.41, 5.74) is 1.98. The predicted molar refractivity (Wildman–Crippen MR) is 75.6 cm³/mol. The SMILES string of the molecule is Cc1cn2c(CNC(C(=O)O)C(C)C)c(C)nc2s1. The van der Waals surface area contributed by atoms with Crippen LogP contribution in [-0.4, -0.2) is 26.5 Å². The summed E-state index contributed by atoms with van der Waals surface area (Å²) in [6.45, 7) is 8.31. The van der Waals surface area contributed by atoms with Gasteiger partial charge in [0.2, 0.25) is 0 Å². The fourth-order valence-electron chi connectivity index (χ4n) is 2.14. The van der Waals surface area contributed by atoms with Gasteiger partial charge in [0, 0.05) is 17.6 Å². The first kappa shape index (κ1) is 14.0. The Morgan fingerprint density at radius 1 is 1.53 bits per heavy atom. The molecule has 0 saturated heterocycles. The molecule has 0 aromatic carbocycles. The standard InChI is InChI=1S/C13H19N3O2S/c1-7(2)11(12(17)18)14-5-10-9(4)15-13-16(10)6-8(3)19-13/h6-7,11,14H,5H2,1-4H3,(H,17,18). The van der Waals surface area contributed by atoms with E-state index in [9.17, 15) is 9.90 Å². The van der Waals surface area contributed by atoms with E-state index >= 15 is 0 Å². The van der Waals surface area contributed by atoms with Gasteiger partial charge in [0.05, 0.1) is 11.4 Å². The topological polar surface area (TPSA) is 66.6 Å². The molecule has 0 radical (unpaired) electrons. The Labute approximate surface area is 116 Å². The van der Waals surface area contributed by atoms with Crippen LogP contribution in [0.2, 0.25) is 0 Å². The maximum absolute atomic E-state index is 11.2. The Morgan fingerprint density at radius 2 is 2.21 bits per heavy atom. The first-order valence-electron chi connectivity index (χ1n) is 6.30. The van der Waals surface area contributed by atoms with Crippen molar-refractivity contribution in [2.75, 3.05) is 0 Å². The number of nitrogens with one attached hydrogen (secondary N) is 1. The number of hydrogen-bond donors (Lipinski definition) is 2. The second-order valence-electron chi connectivity index (χ2n) is 5.08. The lowest BCUT2D eigenvalue weighted by molar-refractivity contribution is -0.140. The van der Waals surface area contributed by atoms with E-state index in [1.165, 1.54) is 4.88 Å². The Morgan fingerprint density at radius 3 is 2.79 bits per heavy atom. The zero-order chi connectivity index (χ0) is 14.2. The first-order valence-corrected chi connectivity index (χ1v) is 7.12. The fraction of sp³-hybridized carbons (Fsp3) is 0.538. The van der Waals surface area contributed by atoms with Crippen molar-refractivity contribution in [2.45, 2.75) is 40.3 Å². The van der Waals surface area contributed by atoms with Gasteiger partial charge in [-0.05, 0) is 19.8 Å². The lowest BCUT2D eigenvalue weighted by Gasteiger charge is -2.17. The number of hydrogen-bond acceptors (Lipinski definition) is 4. The van der Waals surface area contributed by atoms with E-state index in [0.717, 1.165) is 16.3 Å². The molecule has 2 heterocycles. The molecule has 1 atom stereocenters. The van der Waals surface area contributed by atoms with Gasteiger partial charge in [-0.25, -0.2) is 4.98 Å². The molecule has 0 aliphatic rings. The van der Waals surface area contributed by atoms with E-state index in [-0.39, 0.29) is 5.92 Å². The summed E-state index contributed by atoms with van der Waals surface area (Å²) in [7, 11) is 0. The van der Waals surface area contributed by atoms with Crippen LogP contribution in [0.4, 0.5) is 0 Å². The number of nitrogens with zero attached hydrogens (tertiary/aromatic N) is 2. The van der Waals surface area contributed by atoms with E-state index in [0.29, 0.717) is 6.54 Å². The Hall–Kier alpha value is -1.40. The Kier molecular flexibility index (Phi) is 3.91. The highest BCUT2D eigenvalue weighted by Gasteiger charge is 2.21. The lowest BCUT2D eigenvalue weighted by atomic mass is 10.0. The summed E-state index contributed by atoms with van der Waals surface area (Å²) in [6, 6.07) is -0.537. The molecule has 104 valence electrons. The molecule has 2 rings (SSSR count). The highest BCUT2D eigenvalue weighted by atomic mass is 32.1. The van der Waals surface area contributed by atoms with Crippen LogP contribution in [0, 0.1) is 19.8 Å². The lowest BCUT2D eigenvalue weighted by Crippen LogP contribution is -2.40. The van der Waals surface area contributed by atoms with Gasteiger partial charge in [-0.2, -0.15) is 0 Å². The van der Waals surface area contributed by atoms with Gasteiger partial charge in [-0.3, -0.25) is 14.5 Å². The summed E-state index contributed by atoms with van der Waals surface area (Å²) in [5, 5.41) is 12.3. The molecule has 0 amide bonds. The molecule has 0 aliphatic heterocycles. The second kappa shape index (κ2) is 5.30. The molecule has 5 nitrogen and oxygen atoms in total. The van der Waals surface area contributed by atoms with Crippen molar-refractivity contribution in [3.63, 3.8) is 0 Å². The minimum absolute atomic E-state index is 0.0467. The average molecular weight is 281 g/mol. The fourth-order valence-corrected chi connectivity index (χ4v) is 3.03. The number of aliphatic carboxylic acids is 1. The third-order valence-corrected chi connectivity index (χ3v) is 4.06. The average Bonchev–Trinajstić information content (AvgIpc) is 2.75. The van der Waals surface area contributed by atoms with Crippen LogP contribution in [0.3, 0.4) is 0 Å². The van der Waals surface area contributed by atoms with Gasteiger partial charge >= 0.3 is 5.97 Å². The van der Waals surface area contributed by atoms with Crippen molar-refractivity contribution in [3.8, 4) is 0 Å². The van der Waals surface area contributed by atoms with Crippen LogP contribution < -0.4 is 5.32 Å². The molecule has 0 spiro atoms. The van der Waals surface area contributed by atoms with E-state index in [1.807, 2.05) is 38.3 Å². The third kappa shape index (κ3) is 2.79. The van der Waals surface area contributed by atoms with Crippen molar-refractivity contribution in [2.24, 2.45) is 5.92 Å². The molecule has 0 fully saturated rings. The summed E-state index contributed by atoms with van der Waals surface area (Å²) in [6.07, 6.45) is 2.04. The van der Waals surface area contributed by atoms with Crippen LogP contribution >= 0.6 is 11.3 Å². The maximum atomic E-state index is 11.2. The maximum Gasteiger partial charge on any atom is 0.320 e. The Bertz CT molecular complexity index is 600. The Balaban J connectivity index is 2.21. The van der Waals surface area contributed by atoms with Gasteiger partial charge in [-0.15, -0.1) is 11.3 Å². The molecule has 19 heavy (non-hydrogen) atoms. The smallest absolute Gasteiger partial charge is 0.320 e. The second-order valence-corrected chi connectivity index (χ2v) is 6.29. The minimum Gasteiger partial charge on any atom is -0.480 e. The predicted octanol–water partition coefficient (Wildman–Crippen LogP) is 2.21. The number of carboxylic acid groups (broad SMARTS) is 1. The quantitative estimate of drug-likeness (QED) is 0.882. The largest absolute Gasteiger partial charge is 0.480 e. The first-order chi connectivity index (χ1) is 8.90. The zero-order valence-corrected chi connectivity index (χ0v) is 12.4. The number of carbonyl (C=O) groups is 1. The summed E-state index contributed by atoms with van der Waals surface area (Å²) in [5.74, 6) is -0.764. The highest BCUT2D eigenvalue weighted by Crippen LogP contribution is 2.20. The molecule has 1 unspecified atom stereocenters. The molecular formula is C13H19N3O2S. The van der Waals surface area contributed by atoms with Crippen molar-refractivity contribution in [1.82, 2.24) is 14.7 Å². The van der Waals surface area contributed by atoms with Crippen LogP contribution in [-0.2, 0) is 11.3 Å². The van der Waals surface area contributed by atoms with Gasteiger partial charge < -0.3 is 5.11 Å². The molecule has 0 saturated carbocycles. The van der Waals surface area contributed by atoms with Crippen molar-refractivity contribution in [1.29, 1.82) is 0 Å². The number of aryl methyl sites for hydroxylation is 2. The van der Waals surface area contributed by atoms with E-state index in [2.05, 4.69) is 10.3 Å². The van der Waals surface area contributed by atoms with Crippen LogP contribution in [0.25, 0.3) is 4.96 Å². The van der Waals surface area contributed by atoms with Crippen molar-refractivity contribution < 1.29 is 9.90 Å². The number of imidazole rings is 1. The normalized spacial score (nSPS) is 13.3. The zero-order valence-electron chi connectivity index (χ0n) is 11.6. The summed E-state index contributed by atoms with van der Waals surface area (Å²) in [4.78, 5) is 17.8. The van der Waals surface area contributed by atoms with Crippen molar-refractivity contribution >= 4 is 22.3 Å². The van der Waals surface area contributed by atoms with Gasteiger partial charge in [-0.1, -0.05) is 13.8 Å². The van der Waals surface area contributed by atoms with Gasteiger partial charge in [0.25, 0.3) is 0 Å². The molecular weight excluding hydrogens is 262 g/mol. The van der Waals surface area contributed by atoms with Crippen LogP contribution in [0.1, 0.15) is 30.1 Å². The molecule has 0 bridgehead atoms. The molecule has 2 N–H and O–H groups in total. The molecule has 0 aliphatic carbocycles. The number of thiazole rings is 1. The monoisotopic (exact) mass is 281 g/mol.